The van der Waals surface area contributed by atoms with Crippen molar-refractivity contribution >= 4 is 17.9 Å². The second-order valence-corrected chi connectivity index (χ2v) is 27.6. The predicted molar refractivity (Wildman–Crippen MR) is 398 cm³/mol. The van der Waals surface area contributed by atoms with E-state index in [0.717, 1.165) is 77.0 Å². The van der Waals surface area contributed by atoms with Crippen molar-refractivity contribution in [3.05, 3.63) is 97.2 Å². The van der Waals surface area contributed by atoms with Crippen LogP contribution < -0.4 is 5.11 Å². The van der Waals surface area contributed by atoms with E-state index in [2.05, 4.69) is 111 Å². The van der Waals surface area contributed by atoms with E-state index in [4.69, 9.17) is 18.9 Å². The average molecular weight is 1300 g/mol. The lowest BCUT2D eigenvalue weighted by molar-refractivity contribution is -0.870. The van der Waals surface area contributed by atoms with Crippen LogP contribution in [-0.4, -0.2) is 82.3 Å². The predicted octanol–water partition coefficient (Wildman–Crippen LogP) is 23.8. The number of hydrogen-bond acceptors (Lipinski definition) is 8. The molecule has 0 aromatic rings. The lowest BCUT2D eigenvalue weighted by Gasteiger charge is -2.26. The van der Waals surface area contributed by atoms with Crippen molar-refractivity contribution in [3.63, 3.8) is 0 Å². The highest BCUT2D eigenvalue weighted by molar-refractivity contribution is 5.70. The number of aliphatic carboxylic acids is 1. The first kappa shape index (κ1) is 89.2. The summed E-state index contributed by atoms with van der Waals surface area (Å²) in [6, 6.07) is 0. The molecule has 0 heterocycles. The zero-order chi connectivity index (χ0) is 67.5. The molecule has 9 heteroatoms. The Kier molecular flexibility index (Phi) is 71.0. The molecular formula is C84H149NO8. The molecule has 538 valence electrons. The summed E-state index contributed by atoms with van der Waals surface area (Å²) in [7, 11) is 5.94. The van der Waals surface area contributed by atoms with Gasteiger partial charge in [0.05, 0.1) is 40.3 Å². The number of carbonyl (C=O) groups is 3. The third-order valence-electron chi connectivity index (χ3n) is 17.3. The molecule has 9 nitrogen and oxygen atoms in total. The summed E-state index contributed by atoms with van der Waals surface area (Å²) < 4.78 is 22.9. The van der Waals surface area contributed by atoms with Gasteiger partial charge in [0, 0.05) is 12.8 Å². The van der Waals surface area contributed by atoms with Gasteiger partial charge < -0.3 is 33.3 Å². The van der Waals surface area contributed by atoms with Gasteiger partial charge in [-0.3, -0.25) is 9.59 Å². The average Bonchev–Trinajstić information content (AvgIpc) is 3.38. The van der Waals surface area contributed by atoms with Crippen molar-refractivity contribution in [2.45, 2.75) is 373 Å². The number of likely N-dealkylation sites (N-methyl/N-ethyl adjacent to an activating group) is 1. The van der Waals surface area contributed by atoms with E-state index in [1.807, 2.05) is 21.1 Å². The number of hydrogen-bond donors (Lipinski definition) is 0. The number of rotatable bonds is 73. The summed E-state index contributed by atoms with van der Waals surface area (Å²) in [5.74, 6) is -2.26. The summed E-state index contributed by atoms with van der Waals surface area (Å²) in [4.78, 5) is 37.6. The minimum atomic E-state index is -1.62. The topological polar surface area (TPSA) is 111 Å². The number of quaternary nitrogens is 1. The Balaban J connectivity index is 4.00. The van der Waals surface area contributed by atoms with Gasteiger partial charge in [-0.05, 0) is 96.3 Å². The van der Waals surface area contributed by atoms with Gasteiger partial charge in [0.2, 0.25) is 0 Å². The van der Waals surface area contributed by atoms with E-state index < -0.39 is 24.3 Å². The van der Waals surface area contributed by atoms with E-state index in [1.165, 1.54) is 250 Å². The SMILES string of the molecule is CC/C=C\C/C=C\C/C=C\C/C=C\C/C=C\CCCCCCCCCCCCCCCCCCCCCCCCCC(=O)OC(COC(=O)CCCCCCCCCCCCCCCC/C=C\C/C=C\C/C=C\CCCCCCC)COC(OCC[N+](C)(C)C)C(=O)[O-]. The van der Waals surface area contributed by atoms with Crippen molar-refractivity contribution in [1.29, 1.82) is 0 Å². The normalized spacial score (nSPS) is 13.2. The molecule has 0 saturated heterocycles. The van der Waals surface area contributed by atoms with E-state index in [-0.39, 0.29) is 32.2 Å². The minimum absolute atomic E-state index is 0.147. The molecule has 0 fully saturated rings. The second kappa shape index (κ2) is 74.0. The van der Waals surface area contributed by atoms with Crippen molar-refractivity contribution in [3.8, 4) is 0 Å². The summed E-state index contributed by atoms with van der Waals surface area (Å²) in [6.45, 7) is 4.67. The highest BCUT2D eigenvalue weighted by Crippen LogP contribution is 2.19. The van der Waals surface area contributed by atoms with Crippen LogP contribution in [0.4, 0.5) is 0 Å². The molecule has 0 bridgehead atoms. The molecule has 0 amide bonds. The van der Waals surface area contributed by atoms with Crippen molar-refractivity contribution in [2.24, 2.45) is 0 Å². The number of carboxylic acids is 1. The minimum Gasteiger partial charge on any atom is -0.545 e. The zero-order valence-corrected chi connectivity index (χ0v) is 61.6. The molecule has 0 aliphatic carbocycles. The summed E-state index contributed by atoms with van der Waals surface area (Å²) in [6.07, 6.45) is 99.5. The Labute approximate surface area is 575 Å². The fourth-order valence-electron chi connectivity index (χ4n) is 11.3. The molecule has 0 aromatic heterocycles. The molecule has 0 saturated carbocycles. The fourth-order valence-corrected chi connectivity index (χ4v) is 11.3. The van der Waals surface area contributed by atoms with E-state index in [1.54, 1.807) is 0 Å². The van der Waals surface area contributed by atoms with Crippen LogP contribution in [0.15, 0.2) is 97.2 Å². The maximum Gasteiger partial charge on any atom is 0.306 e. The number of allylic oxidation sites excluding steroid dienone is 16. The van der Waals surface area contributed by atoms with Gasteiger partial charge in [-0.15, -0.1) is 0 Å². The molecule has 0 aliphatic heterocycles. The van der Waals surface area contributed by atoms with Crippen LogP contribution in [0.3, 0.4) is 0 Å². The highest BCUT2D eigenvalue weighted by atomic mass is 16.7. The number of carboxylic acid groups (broad SMARTS) is 1. The molecule has 0 N–H and O–H groups in total. The first-order valence-corrected chi connectivity index (χ1v) is 39.4. The van der Waals surface area contributed by atoms with Crippen LogP contribution in [0.2, 0.25) is 0 Å². The third-order valence-corrected chi connectivity index (χ3v) is 17.3. The lowest BCUT2D eigenvalue weighted by Crippen LogP contribution is -2.44. The Morgan fingerprint density at radius 2 is 0.613 bits per heavy atom. The quantitative estimate of drug-likeness (QED) is 0.0195. The lowest BCUT2D eigenvalue weighted by atomic mass is 10.0. The zero-order valence-electron chi connectivity index (χ0n) is 61.6. The summed E-state index contributed by atoms with van der Waals surface area (Å²) in [5.41, 5.74) is 0. The largest absolute Gasteiger partial charge is 0.545 e. The van der Waals surface area contributed by atoms with E-state index >= 15 is 0 Å². The van der Waals surface area contributed by atoms with Crippen LogP contribution in [0.1, 0.15) is 361 Å². The first-order chi connectivity index (χ1) is 45.6. The van der Waals surface area contributed by atoms with Gasteiger partial charge in [0.25, 0.3) is 0 Å². The van der Waals surface area contributed by atoms with Crippen molar-refractivity contribution < 1.29 is 42.9 Å². The number of esters is 2. The monoisotopic (exact) mass is 1300 g/mol. The van der Waals surface area contributed by atoms with Crippen molar-refractivity contribution in [1.82, 2.24) is 0 Å². The van der Waals surface area contributed by atoms with Crippen molar-refractivity contribution in [2.75, 3.05) is 47.5 Å². The molecule has 0 rings (SSSR count). The van der Waals surface area contributed by atoms with E-state index in [9.17, 15) is 19.5 Å². The smallest absolute Gasteiger partial charge is 0.306 e. The Morgan fingerprint density at radius 3 is 0.914 bits per heavy atom. The van der Waals surface area contributed by atoms with Crippen LogP contribution in [0.5, 0.6) is 0 Å². The molecule has 93 heavy (non-hydrogen) atoms. The number of carbonyl (C=O) groups excluding carboxylic acids is 3. The van der Waals surface area contributed by atoms with Gasteiger partial charge in [-0.1, -0.05) is 349 Å². The molecule has 0 spiro atoms. The van der Waals surface area contributed by atoms with Crippen LogP contribution in [0, 0.1) is 0 Å². The summed E-state index contributed by atoms with van der Waals surface area (Å²) >= 11 is 0. The van der Waals surface area contributed by atoms with Gasteiger partial charge >= 0.3 is 11.9 Å². The molecular weight excluding hydrogens is 1150 g/mol. The van der Waals surface area contributed by atoms with E-state index in [0.29, 0.717) is 23.9 Å². The van der Waals surface area contributed by atoms with Crippen LogP contribution in [-0.2, 0) is 33.3 Å². The maximum atomic E-state index is 13.0. The van der Waals surface area contributed by atoms with Gasteiger partial charge in [-0.25, -0.2) is 0 Å². The second-order valence-electron chi connectivity index (χ2n) is 27.6. The highest BCUT2D eigenvalue weighted by Gasteiger charge is 2.22. The first-order valence-electron chi connectivity index (χ1n) is 39.4. The number of nitrogens with zero attached hydrogens (tertiary/aromatic N) is 1. The third kappa shape index (κ3) is 75.5. The molecule has 0 aliphatic rings. The van der Waals surface area contributed by atoms with Crippen LogP contribution in [0.25, 0.3) is 0 Å². The molecule has 0 aromatic carbocycles. The molecule has 2 atom stereocenters. The molecule has 0 radical (unpaired) electrons. The summed E-state index contributed by atoms with van der Waals surface area (Å²) in [5, 5.41) is 11.9. The van der Waals surface area contributed by atoms with Gasteiger partial charge in [-0.2, -0.15) is 0 Å². The standard InChI is InChI=1S/C84H149NO8/c1-6-8-10-12-14-16-18-20-22-24-26-28-30-32-34-36-37-38-39-40-41-42-43-44-45-47-49-51-53-55-57-59-61-63-65-67-69-71-73-75-82(87)93-80(79-92-84(83(88)89)90-77-76-85(3,4)5)78-91-81(86)74-72-70-68-66-64-62-60-58-56-54-52-50-48-46-35-33-31-29-27-25-23-21-19-17-15-13-11-9-7-2/h8,10,14,16,19-22,25-28,31-34,80,84H,6-7,9,11-13,15,17-18,23-24,29-30,35-79H2,1-5H3/b10-8-,16-14-,21-19-,22-20-,27-25-,28-26-,33-31-,34-32-. The van der Waals surface area contributed by atoms with Gasteiger partial charge in [0.1, 0.15) is 13.2 Å². The van der Waals surface area contributed by atoms with Crippen LogP contribution >= 0.6 is 0 Å². The Morgan fingerprint density at radius 1 is 0.333 bits per heavy atom. The van der Waals surface area contributed by atoms with Gasteiger partial charge in [0.15, 0.2) is 12.4 Å². The maximum absolute atomic E-state index is 13.0. The Hall–Kier alpha value is -3.79. The Bertz CT molecular complexity index is 1850. The number of unbranched alkanes of at least 4 members (excludes halogenated alkanes) is 42. The number of ether oxygens (including phenoxy) is 4. The molecule has 2 unspecified atom stereocenters. The fraction of sp³-hybridized carbons (Fsp3) is 0.774.